The highest BCUT2D eigenvalue weighted by Gasteiger charge is 2.52. The monoisotopic (exact) mass is 264 g/mol. The fraction of sp³-hybridized carbons (Fsp3) is 0.714. The van der Waals surface area contributed by atoms with Crippen LogP contribution in [-0.4, -0.2) is 41.5 Å². The zero-order valence-electron chi connectivity index (χ0n) is 10.9. The Morgan fingerprint density at radius 3 is 2.53 bits per heavy atom. The maximum Gasteiger partial charge on any atom is 0.307 e. The topological polar surface area (TPSA) is 83.6 Å². The minimum Gasteiger partial charge on any atom is -0.481 e. The molecule has 1 aliphatic heterocycles. The van der Waals surface area contributed by atoms with Gasteiger partial charge in [0.1, 0.15) is 0 Å². The van der Waals surface area contributed by atoms with E-state index in [1.165, 1.54) is 0 Å². The SMILES string of the molecule is NCC1CCN(C(=O)[C@H]2C3C=CC(C3)[C@H]2C(=O)O)C1. The number of hydrogen-bond acceptors (Lipinski definition) is 3. The second kappa shape index (κ2) is 4.63. The van der Waals surface area contributed by atoms with E-state index in [9.17, 15) is 14.7 Å². The molecule has 5 heteroatoms. The molecule has 1 saturated carbocycles. The molecular weight excluding hydrogens is 244 g/mol. The van der Waals surface area contributed by atoms with Gasteiger partial charge in [-0.1, -0.05) is 12.2 Å². The molecule has 1 heterocycles. The average molecular weight is 264 g/mol. The molecule has 2 aliphatic carbocycles. The van der Waals surface area contributed by atoms with E-state index in [2.05, 4.69) is 0 Å². The molecule has 2 fully saturated rings. The highest BCUT2D eigenvalue weighted by Crippen LogP contribution is 2.49. The largest absolute Gasteiger partial charge is 0.481 e. The third-order valence-corrected chi connectivity index (χ3v) is 4.96. The van der Waals surface area contributed by atoms with E-state index in [-0.39, 0.29) is 23.7 Å². The third kappa shape index (κ3) is 1.96. The highest BCUT2D eigenvalue weighted by atomic mass is 16.4. The van der Waals surface area contributed by atoms with Crippen molar-refractivity contribution in [1.82, 2.24) is 4.90 Å². The first-order valence-corrected chi connectivity index (χ1v) is 7.01. The molecule has 0 aromatic heterocycles. The zero-order valence-corrected chi connectivity index (χ0v) is 10.9. The Labute approximate surface area is 112 Å². The number of fused-ring (bicyclic) bond motifs is 2. The summed E-state index contributed by atoms with van der Waals surface area (Å²) in [7, 11) is 0. The average Bonchev–Trinajstić information content (AvgIpc) is 3.11. The van der Waals surface area contributed by atoms with Gasteiger partial charge in [-0.3, -0.25) is 9.59 Å². The molecule has 5 nitrogen and oxygen atoms in total. The summed E-state index contributed by atoms with van der Waals surface area (Å²) < 4.78 is 0. The van der Waals surface area contributed by atoms with Crippen LogP contribution in [0.3, 0.4) is 0 Å². The van der Waals surface area contributed by atoms with Crippen LogP contribution >= 0.6 is 0 Å². The van der Waals surface area contributed by atoms with Crippen molar-refractivity contribution in [2.75, 3.05) is 19.6 Å². The molecule has 3 unspecified atom stereocenters. The maximum absolute atomic E-state index is 12.6. The summed E-state index contributed by atoms with van der Waals surface area (Å²) in [6, 6.07) is 0. The number of carboxylic acid groups (broad SMARTS) is 1. The molecule has 3 N–H and O–H groups in total. The molecule has 1 amide bonds. The molecule has 1 saturated heterocycles. The normalized spacial score (nSPS) is 40.1. The van der Waals surface area contributed by atoms with Crippen LogP contribution in [0.1, 0.15) is 12.8 Å². The number of rotatable bonds is 3. The van der Waals surface area contributed by atoms with Crippen LogP contribution in [0.4, 0.5) is 0 Å². The zero-order chi connectivity index (χ0) is 13.6. The van der Waals surface area contributed by atoms with Gasteiger partial charge in [0.05, 0.1) is 11.8 Å². The second-order valence-corrected chi connectivity index (χ2v) is 6.01. The molecular formula is C14H20N2O3. The van der Waals surface area contributed by atoms with Crippen molar-refractivity contribution in [1.29, 1.82) is 0 Å². The van der Waals surface area contributed by atoms with Crippen LogP contribution in [0.2, 0.25) is 0 Å². The number of carbonyl (C=O) groups excluding carboxylic acids is 1. The Morgan fingerprint density at radius 2 is 1.95 bits per heavy atom. The van der Waals surface area contributed by atoms with Gasteiger partial charge in [0, 0.05) is 13.1 Å². The van der Waals surface area contributed by atoms with Gasteiger partial charge in [-0.15, -0.1) is 0 Å². The second-order valence-electron chi connectivity index (χ2n) is 6.01. The van der Waals surface area contributed by atoms with Gasteiger partial charge in [0.25, 0.3) is 0 Å². The van der Waals surface area contributed by atoms with Gasteiger partial charge >= 0.3 is 5.97 Å². The van der Waals surface area contributed by atoms with Gasteiger partial charge in [-0.25, -0.2) is 0 Å². The maximum atomic E-state index is 12.6. The van der Waals surface area contributed by atoms with Crippen LogP contribution in [0.5, 0.6) is 0 Å². The van der Waals surface area contributed by atoms with Crippen molar-refractivity contribution in [2.24, 2.45) is 35.3 Å². The van der Waals surface area contributed by atoms with Crippen LogP contribution in [-0.2, 0) is 9.59 Å². The first-order chi connectivity index (χ1) is 9.11. The molecule has 19 heavy (non-hydrogen) atoms. The standard InChI is InChI=1S/C14H20N2O3/c15-6-8-3-4-16(7-8)13(17)11-9-1-2-10(5-9)12(11)14(18)19/h1-2,8-12H,3-7,15H2,(H,18,19)/t8?,9?,10?,11-,12+/m0/s1. The number of nitrogens with two attached hydrogens (primary N) is 1. The number of carbonyl (C=O) groups is 2. The van der Waals surface area contributed by atoms with E-state index in [1.54, 1.807) is 0 Å². The lowest BCUT2D eigenvalue weighted by atomic mass is 9.82. The Kier molecular flexibility index (Phi) is 3.09. The Hall–Kier alpha value is -1.36. The minimum absolute atomic E-state index is 0.0280. The van der Waals surface area contributed by atoms with Crippen LogP contribution in [0, 0.1) is 29.6 Å². The predicted molar refractivity (Wildman–Crippen MR) is 69.1 cm³/mol. The molecule has 0 aromatic carbocycles. The van der Waals surface area contributed by atoms with Crippen molar-refractivity contribution >= 4 is 11.9 Å². The summed E-state index contributed by atoms with van der Waals surface area (Å²) in [6.45, 7) is 2.02. The van der Waals surface area contributed by atoms with Crippen molar-refractivity contribution in [3.63, 3.8) is 0 Å². The van der Waals surface area contributed by atoms with Gasteiger partial charge in [0.2, 0.25) is 5.91 Å². The molecule has 0 spiro atoms. The van der Waals surface area contributed by atoms with Gasteiger partial charge < -0.3 is 15.7 Å². The molecule has 3 aliphatic rings. The molecule has 2 bridgehead atoms. The lowest BCUT2D eigenvalue weighted by Crippen LogP contribution is -2.42. The Morgan fingerprint density at radius 1 is 1.26 bits per heavy atom. The number of allylic oxidation sites excluding steroid dienone is 2. The van der Waals surface area contributed by atoms with Crippen LogP contribution in [0.15, 0.2) is 12.2 Å². The number of likely N-dealkylation sites (tertiary alicyclic amines) is 1. The van der Waals surface area contributed by atoms with Crippen molar-refractivity contribution in [3.8, 4) is 0 Å². The summed E-state index contributed by atoms with van der Waals surface area (Å²) >= 11 is 0. The van der Waals surface area contributed by atoms with Crippen molar-refractivity contribution in [3.05, 3.63) is 12.2 Å². The van der Waals surface area contributed by atoms with E-state index < -0.39 is 11.9 Å². The Balaban J connectivity index is 1.76. The van der Waals surface area contributed by atoms with E-state index >= 15 is 0 Å². The third-order valence-electron chi connectivity index (χ3n) is 4.96. The summed E-state index contributed by atoms with van der Waals surface area (Å²) in [4.78, 5) is 25.8. The first kappa shape index (κ1) is 12.7. The van der Waals surface area contributed by atoms with E-state index in [0.29, 0.717) is 19.0 Å². The molecule has 0 aromatic rings. The summed E-state index contributed by atoms with van der Waals surface area (Å²) in [5.41, 5.74) is 5.64. The Bertz CT molecular complexity index is 434. The van der Waals surface area contributed by atoms with E-state index in [4.69, 9.17) is 5.73 Å². The number of hydrogen-bond donors (Lipinski definition) is 2. The van der Waals surface area contributed by atoms with Crippen LogP contribution in [0.25, 0.3) is 0 Å². The number of amides is 1. The number of carboxylic acids is 1. The van der Waals surface area contributed by atoms with Gasteiger partial charge in [0.15, 0.2) is 0 Å². The van der Waals surface area contributed by atoms with Crippen LogP contribution < -0.4 is 5.73 Å². The minimum atomic E-state index is -0.829. The lowest BCUT2D eigenvalue weighted by Gasteiger charge is -2.28. The summed E-state index contributed by atoms with van der Waals surface area (Å²) in [5, 5.41) is 9.37. The number of nitrogens with zero attached hydrogens (tertiary/aromatic N) is 1. The molecule has 104 valence electrons. The highest BCUT2D eigenvalue weighted by molar-refractivity contribution is 5.87. The fourth-order valence-corrected chi connectivity index (χ4v) is 3.93. The predicted octanol–water partition coefficient (Wildman–Crippen LogP) is 0.317. The summed E-state index contributed by atoms with van der Waals surface area (Å²) in [6.07, 6.45) is 5.77. The smallest absolute Gasteiger partial charge is 0.307 e. The number of aliphatic carboxylic acids is 1. The fourth-order valence-electron chi connectivity index (χ4n) is 3.93. The molecule has 3 rings (SSSR count). The lowest BCUT2D eigenvalue weighted by molar-refractivity contribution is -0.150. The first-order valence-electron chi connectivity index (χ1n) is 7.01. The van der Waals surface area contributed by atoms with Crippen molar-refractivity contribution < 1.29 is 14.7 Å². The van der Waals surface area contributed by atoms with Gasteiger partial charge in [-0.05, 0) is 37.1 Å². The quantitative estimate of drug-likeness (QED) is 0.719. The molecule has 5 atom stereocenters. The van der Waals surface area contributed by atoms with E-state index in [0.717, 1.165) is 19.4 Å². The van der Waals surface area contributed by atoms with Crippen molar-refractivity contribution in [2.45, 2.75) is 12.8 Å². The van der Waals surface area contributed by atoms with Gasteiger partial charge in [-0.2, -0.15) is 0 Å². The van der Waals surface area contributed by atoms with E-state index in [1.807, 2.05) is 17.1 Å². The summed E-state index contributed by atoms with van der Waals surface area (Å²) in [5.74, 6) is -1.14. The molecule has 0 radical (unpaired) electrons.